The van der Waals surface area contributed by atoms with Crippen LogP contribution < -0.4 is 20.7 Å². The van der Waals surface area contributed by atoms with E-state index in [2.05, 4.69) is 27.9 Å². The molecule has 0 aliphatic carbocycles. The van der Waals surface area contributed by atoms with Gasteiger partial charge in [-0.2, -0.15) is 0 Å². The van der Waals surface area contributed by atoms with Crippen LogP contribution >= 0.6 is 0 Å². The van der Waals surface area contributed by atoms with Gasteiger partial charge in [-0.1, -0.05) is 61.5 Å². The molecule has 0 aliphatic heterocycles. The predicted molar refractivity (Wildman–Crippen MR) is 233 cm³/mol. The molecule has 0 spiro atoms. The maximum atomic E-state index is 12.8. The van der Waals surface area contributed by atoms with Crippen LogP contribution in [0.25, 0.3) is 21.9 Å². The number of pyridine rings is 1. The summed E-state index contributed by atoms with van der Waals surface area (Å²) >= 11 is 0. The van der Waals surface area contributed by atoms with Crippen LogP contribution in [-0.2, 0) is 42.8 Å². The van der Waals surface area contributed by atoms with E-state index in [1.165, 1.54) is 0 Å². The van der Waals surface area contributed by atoms with Gasteiger partial charge in [0.1, 0.15) is 18.2 Å². The maximum Gasteiger partial charge on any atom is 0.305 e. The summed E-state index contributed by atoms with van der Waals surface area (Å²) in [6.07, 6.45) is 3.19. The average molecular weight is 847 g/mol. The number of nitrogens with one attached hydrogen (secondary N) is 3. The Balaban J connectivity index is 1.13. The molecule has 0 fully saturated rings. The fourth-order valence-electron chi connectivity index (χ4n) is 6.14. The highest BCUT2D eigenvalue weighted by Crippen LogP contribution is 2.35. The Kier molecular flexibility index (Phi) is 23.2. The first-order valence-corrected chi connectivity index (χ1v) is 21.0. The van der Waals surface area contributed by atoms with Crippen molar-refractivity contribution in [1.82, 2.24) is 15.6 Å². The summed E-state index contributed by atoms with van der Waals surface area (Å²) in [5.41, 5.74) is 3.60. The van der Waals surface area contributed by atoms with Gasteiger partial charge in [-0.25, -0.2) is 4.98 Å². The van der Waals surface area contributed by atoms with Gasteiger partial charge < -0.3 is 54.2 Å². The second kappa shape index (κ2) is 29.2. The Hall–Kier alpha value is -5.16. The van der Waals surface area contributed by atoms with Gasteiger partial charge in [0.15, 0.2) is 0 Å². The highest BCUT2D eigenvalue weighted by molar-refractivity contribution is 6.00. The van der Waals surface area contributed by atoms with Gasteiger partial charge in [-0.3, -0.25) is 14.4 Å². The average Bonchev–Trinajstić information content (AvgIpc) is 3.26. The van der Waals surface area contributed by atoms with Gasteiger partial charge in [-0.15, -0.1) is 0 Å². The quantitative estimate of drug-likeness (QED) is 0.0426. The van der Waals surface area contributed by atoms with E-state index in [0.717, 1.165) is 52.1 Å². The van der Waals surface area contributed by atoms with Crippen molar-refractivity contribution in [2.75, 3.05) is 104 Å². The molecule has 4 N–H and O–H groups in total. The van der Waals surface area contributed by atoms with Crippen LogP contribution in [0.4, 0.5) is 5.82 Å². The number of nitrogens with zero attached hydrogens (tertiary/aromatic N) is 1. The van der Waals surface area contributed by atoms with E-state index in [-0.39, 0.29) is 25.3 Å². The normalized spacial score (nSPS) is 11.6. The lowest BCUT2D eigenvalue weighted by atomic mass is 9.95. The molecule has 0 radical (unpaired) electrons. The molecule has 1 aromatic heterocycles. The Morgan fingerprint density at radius 3 is 1.87 bits per heavy atom. The molecule has 0 unspecified atom stereocenters. The topological polar surface area (TPSA) is 185 Å². The third kappa shape index (κ3) is 19.4. The number of carboxylic acids is 1. The SMILES string of the molecule is CCCOCCOCCOCCOCCOCCOCCOc1ccc(-c2ccc([C@H](CC(=O)O)NC(=O)CNC(=O)CCCNc3cc(C)ccn3)cc2)c2ccccc12. The molecule has 332 valence electrons. The molecular weight excluding hydrogens is 785 g/mol. The number of rotatable bonds is 33. The number of hydrogen-bond acceptors (Lipinski definition) is 12. The largest absolute Gasteiger partial charge is 0.491 e. The molecule has 0 bridgehead atoms. The monoisotopic (exact) mass is 846 g/mol. The fourth-order valence-corrected chi connectivity index (χ4v) is 6.14. The van der Waals surface area contributed by atoms with Crippen molar-refractivity contribution in [3.63, 3.8) is 0 Å². The Labute approximate surface area is 358 Å². The number of hydrogen-bond donors (Lipinski definition) is 4. The van der Waals surface area contributed by atoms with Crippen LogP contribution in [-0.4, -0.2) is 127 Å². The predicted octanol–water partition coefficient (Wildman–Crippen LogP) is 5.74. The number of fused-ring (bicyclic) bond motifs is 1. The van der Waals surface area contributed by atoms with Gasteiger partial charge in [0.25, 0.3) is 0 Å². The molecule has 15 heteroatoms. The van der Waals surface area contributed by atoms with E-state index < -0.39 is 17.9 Å². The number of aromatic nitrogens is 1. The zero-order chi connectivity index (χ0) is 43.3. The first-order chi connectivity index (χ1) is 29.8. The minimum absolute atomic E-state index is 0.224. The summed E-state index contributed by atoms with van der Waals surface area (Å²) < 4.78 is 39.2. The lowest BCUT2D eigenvalue weighted by Gasteiger charge is -2.19. The van der Waals surface area contributed by atoms with E-state index in [1.54, 1.807) is 6.20 Å². The summed E-state index contributed by atoms with van der Waals surface area (Å²) in [5, 5.41) is 20.1. The molecule has 61 heavy (non-hydrogen) atoms. The van der Waals surface area contributed by atoms with Gasteiger partial charge in [-0.05, 0) is 65.6 Å². The fraction of sp³-hybridized carbons (Fsp3) is 0.478. The highest BCUT2D eigenvalue weighted by Gasteiger charge is 2.19. The second-order valence-corrected chi connectivity index (χ2v) is 14.0. The van der Waals surface area contributed by atoms with Gasteiger partial charge >= 0.3 is 5.97 Å². The zero-order valence-corrected chi connectivity index (χ0v) is 35.5. The number of carbonyl (C=O) groups is 3. The smallest absolute Gasteiger partial charge is 0.305 e. The lowest BCUT2D eigenvalue weighted by Crippen LogP contribution is -2.39. The number of aryl methyl sites for hydroxylation is 1. The van der Waals surface area contributed by atoms with E-state index in [9.17, 15) is 19.5 Å². The number of carbonyl (C=O) groups excluding carboxylic acids is 2. The highest BCUT2D eigenvalue weighted by atomic mass is 16.6. The zero-order valence-electron chi connectivity index (χ0n) is 35.5. The summed E-state index contributed by atoms with van der Waals surface area (Å²) in [4.78, 5) is 41.1. The first kappa shape index (κ1) is 48.5. The molecule has 15 nitrogen and oxygen atoms in total. The number of aliphatic carboxylic acids is 1. The Morgan fingerprint density at radius 2 is 1.28 bits per heavy atom. The van der Waals surface area contributed by atoms with Gasteiger partial charge in [0.05, 0.1) is 91.7 Å². The lowest BCUT2D eigenvalue weighted by molar-refractivity contribution is -0.138. The number of benzene rings is 3. The van der Waals surface area contributed by atoms with E-state index in [1.807, 2.05) is 79.7 Å². The van der Waals surface area contributed by atoms with Crippen molar-refractivity contribution in [3.8, 4) is 16.9 Å². The summed E-state index contributed by atoms with van der Waals surface area (Å²) in [6, 6.07) is 22.3. The van der Waals surface area contributed by atoms with Crippen molar-refractivity contribution >= 4 is 34.4 Å². The van der Waals surface area contributed by atoms with Crippen LogP contribution in [0.2, 0.25) is 0 Å². The number of carboxylic acid groups (broad SMARTS) is 1. The van der Waals surface area contributed by atoms with Crippen molar-refractivity contribution in [3.05, 3.63) is 90.1 Å². The van der Waals surface area contributed by atoms with Gasteiger partial charge in [0, 0.05) is 31.2 Å². The Bertz CT molecular complexity index is 1880. The second-order valence-electron chi connectivity index (χ2n) is 14.0. The van der Waals surface area contributed by atoms with Crippen molar-refractivity contribution in [1.29, 1.82) is 0 Å². The summed E-state index contributed by atoms with van der Waals surface area (Å²) in [5.74, 6) is -0.341. The summed E-state index contributed by atoms with van der Waals surface area (Å²) in [6.45, 7) is 10.9. The standard InChI is InChI=1S/C46H62N4O11/c1-3-19-55-20-21-56-22-23-57-24-25-58-26-27-59-28-29-60-30-31-61-42-15-14-38(39-7-4-5-8-40(39)42)36-10-12-37(13-11-36)41(33-46(53)54)50-45(52)34-49-44(51)9-6-17-47-43-32-35(2)16-18-48-43/h4-5,7-8,10-16,18,32,41H,3,6,9,17,19-31,33-34H2,1-2H3,(H,47,48)(H,49,51)(H,50,52)(H,53,54)/t41-/m0/s1. The Morgan fingerprint density at radius 1 is 0.689 bits per heavy atom. The molecule has 0 saturated heterocycles. The van der Waals surface area contributed by atoms with E-state index >= 15 is 0 Å². The third-order valence-corrected chi connectivity index (χ3v) is 9.16. The number of ether oxygens (including phenoxy) is 7. The molecular formula is C46H62N4O11. The van der Waals surface area contributed by atoms with Crippen LogP contribution in [0, 0.1) is 6.92 Å². The molecule has 1 heterocycles. The first-order valence-electron chi connectivity index (χ1n) is 21.0. The van der Waals surface area contributed by atoms with Gasteiger partial charge in [0.2, 0.25) is 11.8 Å². The van der Waals surface area contributed by atoms with Crippen molar-refractivity contribution in [2.24, 2.45) is 0 Å². The molecule has 2 amide bonds. The number of anilines is 1. The minimum Gasteiger partial charge on any atom is -0.491 e. The minimum atomic E-state index is -1.06. The molecule has 1 atom stereocenters. The maximum absolute atomic E-state index is 12.8. The van der Waals surface area contributed by atoms with Crippen molar-refractivity contribution in [2.45, 2.75) is 45.6 Å². The van der Waals surface area contributed by atoms with E-state index in [4.69, 9.17) is 33.2 Å². The molecule has 4 rings (SSSR count). The molecule has 0 aliphatic rings. The summed E-state index contributed by atoms with van der Waals surface area (Å²) in [7, 11) is 0. The third-order valence-electron chi connectivity index (χ3n) is 9.16. The van der Waals surface area contributed by atoms with Crippen LogP contribution in [0.1, 0.15) is 49.8 Å². The van der Waals surface area contributed by atoms with Crippen LogP contribution in [0.15, 0.2) is 79.0 Å². The molecule has 0 saturated carbocycles. The molecule has 4 aromatic rings. The van der Waals surface area contributed by atoms with Crippen LogP contribution in [0.3, 0.4) is 0 Å². The van der Waals surface area contributed by atoms with Crippen LogP contribution in [0.5, 0.6) is 5.75 Å². The molecule has 3 aromatic carbocycles. The van der Waals surface area contributed by atoms with Crippen molar-refractivity contribution < 1.29 is 52.6 Å². The number of amides is 2. The van der Waals surface area contributed by atoms with E-state index in [0.29, 0.717) is 97.8 Å².